The fraction of sp³-hybridized carbons (Fsp3) is 0. The second kappa shape index (κ2) is 15.0. The molecule has 0 amide bonds. The largest absolute Gasteiger partial charge is 0.152 e. The van der Waals surface area contributed by atoms with Gasteiger partial charge in [-0.15, -0.1) is 0 Å². The molecule has 0 aromatic carbocycles. The number of hydrogen-bond donors (Lipinski definition) is 0. The zero-order valence-electron chi connectivity index (χ0n) is 25.3. The molecule has 0 unspecified atom stereocenters. The van der Waals surface area contributed by atoms with E-state index in [0.29, 0.717) is 0 Å². The normalized spacial score (nSPS) is 13.5. The van der Waals surface area contributed by atoms with E-state index >= 15 is 0 Å². The summed E-state index contributed by atoms with van der Waals surface area (Å²) in [5.74, 6) is 0. The van der Waals surface area contributed by atoms with Crippen molar-refractivity contribution in [3.8, 4) is 0 Å². The standard InChI is InChI=1S/C40H26S8/c1-9-41-19-27(1)17-35(29-3-11-43-21-29)37(31-5-13-45-23-31)39(33-7-15-47-25-33)40(34-8-16-48-26-34)38(32-6-14-46-24-32)36(30-4-12-44-22-30)18-28-2-10-42-20-28/h1-26H/b35-17+,36-18+,39-37-,40-38+. The van der Waals surface area contributed by atoms with Gasteiger partial charge >= 0.3 is 0 Å². The van der Waals surface area contributed by atoms with Crippen LogP contribution in [0.25, 0.3) is 45.6 Å². The van der Waals surface area contributed by atoms with Gasteiger partial charge in [-0.05, 0) is 225 Å². The Hall–Kier alpha value is -3.44. The van der Waals surface area contributed by atoms with Crippen LogP contribution < -0.4 is 0 Å². The third-order valence-electron chi connectivity index (χ3n) is 7.90. The van der Waals surface area contributed by atoms with Crippen molar-refractivity contribution < 1.29 is 0 Å². The highest BCUT2D eigenvalue weighted by Crippen LogP contribution is 2.51. The molecule has 0 aliphatic rings. The van der Waals surface area contributed by atoms with E-state index in [9.17, 15) is 0 Å². The Labute approximate surface area is 312 Å². The summed E-state index contributed by atoms with van der Waals surface area (Å²) < 4.78 is 0. The molecule has 0 atom stereocenters. The molecule has 8 heteroatoms. The van der Waals surface area contributed by atoms with Crippen molar-refractivity contribution in [3.63, 3.8) is 0 Å². The molecule has 0 saturated heterocycles. The molecule has 8 aromatic heterocycles. The molecule has 8 aromatic rings. The minimum absolute atomic E-state index is 1.22. The maximum Gasteiger partial charge on any atom is -0.000515 e. The predicted molar refractivity (Wildman–Crippen MR) is 224 cm³/mol. The van der Waals surface area contributed by atoms with Gasteiger partial charge in [0.05, 0.1) is 0 Å². The average molecular weight is 763 g/mol. The van der Waals surface area contributed by atoms with Crippen molar-refractivity contribution in [1.82, 2.24) is 0 Å². The maximum atomic E-state index is 2.38. The van der Waals surface area contributed by atoms with Gasteiger partial charge in [0, 0.05) is 0 Å². The van der Waals surface area contributed by atoms with Gasteiger partial charge in [0.2, 0.25) is 0 Å². The highest BCUT2D eigenvalue weighted by molar-refractivity contribution is 7.10. The van der Waals surface area contributed by atoms with Crippen LogP contribution in [-0.4, -0.2) is 0 Å². The van der Waals surface area contributed by atoms with Gasteiger partial charge in [0.1, 0.15) is 0 Å². The van der Waals surface area contributed by atoms with E-state index in [1.54, 1.807) is 90.7 Å². The van der Waals surface area contributed by atoms with E-state index in [1.807, 2.05) is 0 Å². The van der Waals surface area contributed by atoms with Crippen molar-refractivity contribution in [1.29, 1.82) is 0 Å². The second-order valence-corrected chi connectivity index (χ2v) is 17.0. The molecule has 0 saturated carbocycles. The van der Waals surface area contributed by atoms with Gasteiger partial charge in [0.15, 0.2) is 0 Å². The lowest BCUT2D eigenvalue weighted by Gasteiger charge is -2.24. The van der Waals surface area contributed by atoms with Gasteiger partial charge < -0.3 is 0 Å². The van der Waals surface area contributed by atoms with Crippen LogP contribution >= 0.6 is 90.7 Å². The first kappa shape index (κ1) is 31.8. The van der Waals surface area contributed by atoms with Crippen molar-refractivity contribution >= 4 is 136 Å². The molecule has 8 rings (SSSR count). The van der Waals surface area contributed by atoms with Gasteiger partial charge in [-0.2, -0.15) is 90.7 Å². The molecule has 48 heavy (non-hydrogen) atoms. The van der Waals surface area contributed by atoms with Gasteiger partial charge in [0.25, 0.3) is 0 Å². The summed E-state index contributed by atoms with van der Waals surface area (Å²) in [7, 11) is 0. The summed E-state index contributed by atoms with van der Waals surface area (Å²) in [6.45, 7) is 0. The summed E-state index contributed by atoms with van der Waals surface area (Å²) >= 11 is 14.0. The van der Waals surface area contributed by atoms with Crippen LogP contribution in [-0.2, 0) is 0 Å². The fourth-order valence-electron chi connectivity index (χ4n) is 5.81. The Bertz CT molecular complexity index is 2100. The highest BCUT2D eigenvalue weighted by Gasteiger charge is 2.28. The van der Waals surface area contributed by atoms with Crippen molar-refractivity contribution in [2.45, 2.75) is 0 Å². The quantitative estimate of drug-likeness (QED) is 0.115. The third-order valence-corrected chi connectivity index (χ3v) is 13.4. The lowest BCUT2D eigenvalue weighted by Crippen LogP contribution is -2.02. The van der Waals surface area contributed by atoms with Crippen LogP contribution in [0.4, 0.5) is 0 Å². The summed E-state index contributed by atoms with van der Waals surface area (Å²) in [5, 5.41) is 35.9. The van der Waals surface area contributed by atoms with Crippen molar-refractivity contribution in [2.24, 2.45) is 0 Å². The molecule has 0 radical (unpaired) electrons. The predicted octanol–water partition coefficient (Wildman–Crippen LogP) is 15.2. The molecule has 234 valence electrons. The van der Waals surface area contributed by atoms with Crippen molar-refractivity contribution in [2.75, 3.05) is 0 Å². The second-order valence-electron chi connectivity index (χ2n) is 10.8. The summed E-state index contributed by atoms with van der Waals surface area (Å²) in [5.41, 5.74) is 17.2. The Kier molecular flexibility index (Phi) is 9.93. The van der Waals surface area contributed by atoms with E-state index in [4.69, 9.17) is 0 Å². The molecule has 0 spiro atoms. The Morgan fingerprint density at radius 3 is 0.833 bits per heavy atom. The molecule has 0 aliphatic heterocycles. The number of thiophene rings is 8. The number of hydrogen-bond acceptors (Lipinski definition) is 8. The SMILES string of the molecule is C(=C(/C(=C(\C(=C(\C(=C\c1ccsc1)c1ccsc1)c1ccsc1)c1ccsc1)c1ccsc1)c1ccsc1)c1ccsc1)\c1ccsc1. The Morgan fingerprint density at radius 2 is 0.562 bits per heavy atom. The summed E-state index contributed by atoms with van der Waals surface area (Å²) in [6.07, 6.45) is 4.77. The molecule has 0 N–H and O–H groups in total. The first-order valence-corrected chi connectivity index (χ1v) is 22.5. The number of allylic oxidation sites excluding steroid dienone is 6. The lowest BCUT2D eigenvalue weighted by atomic mass is 9.78. The Balaban J connectivity index is 1.58. The maximum absolute atomic E-state index is 2.38. The monoisotopic (exact) mass is 762 g/mol. The molecular formula is C40H26S8. The smallest absolute Gasteiger partial charge is 0.000515 e. The molecule has 8 heterocycles. The number of rotatable bonds is 11. The highest BCUT2D eigenvalue weighted by atomic mass is 32.1. The van der Waals surface area contributed by atoms with E-state index in [2.05, 4.69) is 147 Å². The summed E-state index contributed by atoms with van der Waals surface area (Å²) in [6, 6.07) is 18.1. The van der Waals surface area contributed by atoms with Crippen LogP contribution in [0.15, 0.2) is 135 Å². The van der Waals surface area contributed by atoms with E-state index in [-0.39, 0.29) is 0 Å². The van der Waals surface area contributed by atoms with Crippen LogP contribution in [0.2, 0.25) is 0 Å². The van der Waals surface area contributed by atoms with Gasteiger partial charge in [-0.1, -0.05) is 0 Å². The zero-order chi connectivity index (χ0) is 32.1. The van der Waals surface area contributed by atoms with Crippen LogP contribution in [0.1, 0.15) is 44.5 Å². The topological polar surface area (TPSA) is 0 Å². The van der Waals surface area contributed by atoms with Gasteiger partial charge in [-0.3, -0.25) is 0 Å². The molecule has 0 aliphatic carbocycles. The van der Waals surface area contributed by atoms with Crippen LogP contribution in [0.5, 0.6) is 0 Å². The fourth-order valence-corrected chi connectivity index (χ4v) is 10.9. The summed E-state index contributed by atoms with van der Waals surface area (Å²) in [4.78, 5) is 0. The molecule has 0 nitrogen and oxygen atoms in total. The Morgan fingerprint density at radius 1 is 0.292 bits per heavy atom. The van der Waals surface area contributed by atoms with Gasteiger partial charge in [-0.25, -0.2) is 0 Å². The molecule has 0 bridgehead atoms. The van der Waals surface area contributed by atoms with E-state index in [1.165, 1.54) is 77.9 Å². The lowest BCUT2D eigenvalue weighted by molar-refractivity contribution is 1.65. The minimum atomic E-state index is 1.22. The van der Waals surface area contributed by atoms with Crippen molar-refractivity contribution in [3.05, 3.63) is 179 Å². The van der Waals surface area contributed by atoms with Crippen LogP contribution in [0.3, 0.4) is 0 Å². The molecular weight excluding hydrogens is 737 g/mol. The van der Waals surface area contributed by atoms with E-state index in [0.717, 1.165) is 0 Å². The first-order chi connectivity index (χ1) is 23.8. The first-order valence-electron chi connectivity index (χ1n) is 15.0. The molecule has 0 fully saturated rings. The third kappa shape index (κ3) is 6.72. The van der Waals surface area contributed by atoms with Crippen LogP contribution in [0, 0.1) is 0 Å². The zero-order valence-corrected chi connectivity index (χ0v) is 31.8. The van der Waals surface area contributed by atoms with E-state index < -0.39 is 0 Å². The average Bonchev–Trinajstić information content (AvgIpc) is 3.98. The minimum Gasteiger partial charge on any atom is -0.152 e.